The van der Waals surface area contributed by atoms with Crippen molar-refractivity contribution in [3.63, 3.8) is 0 Å². The van der Waals surface area contributed by atoms with E-state index in [0.29, 0.717) is 27.2 Å². The summed E-state index contributed by atoms with van der Waals surface area (Å²) >= 11 is 0. The number of rotatable bonds is 3. The number of carboxylic acid groups (broad SMARTS) is 1. The van der Waals surface area contributed by atoms with Gasteiger partial charge in [0.25, 0.3) is 11.8 Å². The Morgan fingerprint density at radius 2 is 1.65 bits per heavy atom. The first kappa shape index (κ1) is 17.4. The minimum Gasteiger partial charge on any atom is -0.548 e. The van der Waals surface area contributed by atoms with Crippen LogP contribution in [-0.4, -0.2) is 34.3 Å². The molecule has 0 aliphatic carbocycles. The topological polar surface area (TPSA) is 97.7 Å². The zero-order chi connectivity index (χ0) is 19.0. The number of aliphatic carboxylic acids is 1. The normalized spacial score (nSPS) is 15.3. The van der Waals surface area contributed by atoms with Crippen molar-refractivity contribution < 1.29 is 24.6 Å². The van der Waals surface area contributed by atoms with E-state index < -0.39 is 24.3 Å². The lowest BCUT2D eigenvalue weighted by molar-refractivity contribution is -0.305. The third kappa shape index (κ3) is 2.97. The lowest BCUT2D eigenvalue weighted by Gasteiger charge is -2.28. The van der Waals surface area contributed by atoms with Crippen molar-refractivity contribution in [2.45, 2.75) is 13.8 Å². The lowest BCUT2D eigenvalue weighted by Crippen LogP contribution is -2.47. The Morgan fingerprint density at radius 1 is 1.08 bits per heavy atom. The first-order valence-electron chi connectivity index (χ1n) is 7.97. The van der Waals surface area contributed by atoms with Crippen molar-refractivity contribution in [2.75, 3.05) is 6.54 Å². The number of hydrogen-bond acceptors (Lipinski definition) is 5. The van der Waals surface area contributed by atoms with E-state index in [1.807, 2.05) is 0 Å². The predicted molar refractivity (Wildman–Crippen MR) is 92.9 cm³/mol. The monoisotopic (exact) mass is 350 g/mol. The summed E-state index contributed by atoms with van der Waals surface area (Å²) in [5.41, 5.74) is 2.88. The minimum atomic E-state index is -1.51. The second-order valence-corrected chi connectivity index (χ2v) is 6.18. The van der Waals surface area contributed by atoms with Crippen LogP contribution in [0.3, 0.4) is 0 Å². The molecule has 0 fully saturated rings. The second kappa shape index (κ2) is 6.48. The number of imide groups is 1. The number of aryl methyl sites for hydroxylation is 2. The molecule has 3 rings (SSSR count). The molecule has 2 amide bonds. The fraction of sp³-hybridized carbons (Fsp3) is 0.150. The Bertz CT molecular complexity index is 951. The number of nitrogens with zero attached hydrogens (tertiary/aromatic N) is 1. The lowest BCUT2D eigenvalue weighted by atomic mass is 9.91. The molecule has 26 heavy (non-hydrogen) atoms. The molecule has 6 heteroatoms. The van der Waals surface area contributed by atoms with Crippen LogP contribution in [0.25, 0.3) is 11.6 Å². The predicted octanol–water partition coefficient (Wildman–Crippen LogP) is 1.28. The van der Waals surface area contributed by atoms with Crippen molar-refractivity contribution in [2.24, 2.45) is 0 Å². The number of phenolic OH excluding ortho intramolecular Hbond substituents is 1. The van der Waals surface area contributed by atoms with Crippen LogP contribution in [0, 0.1) is 13.8 Å². The van der Waals surface area contributed by atoms with E-state index in [-0.39, 0.29) is 16.9 Å². The SMILES string of the molecule is Cc1cc(/C=C2\C(=O)N(CC(=O)[O-])C(=O)c3ccccc32)cc(C)c1O. The first-order valence-corrected chi connectivity index (χ1v) is 7.97. The quantitative estimate of drug-likeness (QED) is 0.664. The Labute approximate surface area is 150 Å². The smallest absolute Gasteiger partial charge is 0.261 e. The highest BCUT2D eigenvalue weighted by Crippen LogP contribution is 2.31. The molecule has 0 aromatic heterocycles. The van der Waals surface area contributed by atoms with Gasteiger partial charge in [0.05, 0.1) is 12.5 Å². The molecule has 2 aromatic rings. The standard InChI is InChI=1S/C20H17NO5/c1-11-7-13(8-12(2)18(11)24)9-16-14-5-3-4-6-15(14)19(25)21(20(16)26)10-17(22)23/h3-9,24H,10H2,1-2H3,(H,22,23)/p-1/b16-9-. The number of carboxylic acids is 1. The number of benzene rings is 2. The Morgan fingerprint density at radius 3 is 2.23 bits per heavy atom. The van der Waals surface area contributed by atoms with Crippen molar-refractivity contribution in [3.8, 4) is 5.75 Å². The van der Waals surface area contributed by atoms with Gasteiger partial charge >= 0.3 is 0 Å². The van der Waals surface area contributed by atoms with E-state index in [9.17, 15) is 24.6 Å². The van der Waals surface area contributed by atoms with Crippen LogP contribution in [-0.2, 0) is 9.59 Å². The van der Waals surface area contributed by atoms with Gasteiger partial charge in [0.15, 0.2) is 0 Å². The molecule has 0 unspecified atom stereocenters. The molecule has 0 saturated carbocycles. The van der Waals surface area contributed by atoms with E-state index in [4.69, 9.17) is 0 Å². The molecule has 1 aliphatic heterocycles. The summed E-state index contributed by atoms with van der Waals surface area (Å²) in [4.78, 5) is 36.9. The maximum atomic E-state index is 12.8. The Kier molecular flexibility index (Phi) is 4.34. The van der Waals surface area contributed by atoms with E-state index in [1.165, 1.54) is 0 Å². The van der Waals surface area contributed by atoms with Gasteiger partial charge in [-0.15, -0.1) is 0 Å². The minimum absolute atomic E-state index is 0.177. The molecule has 132 valence electrons. The molecular weight excluding hydrogens is 334 g/mol. The van der Waals surface area contributed by atoms with Gasteiger partial charge in [0.1, 0.15) is 5.75 Å². The van der Waals surface area contributed by atoms with Crippen LogP contribution in [0.5, 0.6) is 5.75 Å². The molecule has 6 nitrogen and oxygen atoms in total. The summed E-state index contributed by atoms with van der Waals surface area (Å²) < 4.78 is 0. The molecule has 1 heterocycles. The van der Waals surface area contributed by atoms with Crippen LogP contribution >= 0.6 is 0 Å². The first-order chi connectivity index (χ1) is 12.3. The molecule has 1 aliphatic rings. The van der Waals surface area contributed by atoms with Gasteiger partial charge in [0, 0.05) is 11.1 Å². The van der Waals surface area contributed by atoms with E-state index in [1.54, 1.807) is 56.3 Å². The maximum Gasteiger partial charge on any atom is 0.261 e. The van der Waals surface area contributed by atoms with Crippen LogP contribution in [0.4, 0.5) is 0 Å². The second-order valence-electron chi connectivity index (χ2n) is 6.18. The summed E-state index contributed by atoms with van der Waals surface area (Å²) in [7, 11) is 0. The van der Waals surface area contributed by atoms with Gasteiger partial charge in [-0.2, -0.15) is 0 Å². The summed E-state index contributed by atoms with van der Waals surface area (Å²) in [6, 6.07) is 9.97. The summed E-state index contributed by atoms with van der Waals surface area (Å²) in [5.74, 6) is -2.69. The zero-order valence-corrected chi connectivity index (χ0v) is 14.3. The van der Waals surface area contributed by atoms with Gasteiger partial charge < -0.3 is 15.0 Å². The molecule has 0 spiro atoms. The number of phenols is 1. The van der Waals surface area contributed by atoms with Crippen molar-refractivity contribution in [3.05, 3.63) is 64.2 Å². The molecular formula is C20H16NO5-. The maximum absolute atomic E-state index is 12.8. The largest absolute Gasteiger partial charge is 0.548 e. The van der Waals surface area contributed by atoms with E-state index in [2.05, 4.69) is 0 Å². The molecule has 0 saturated heterocycles. The molecule has 1 N–H and O–H groups in total. The highest BCUT2D eigenvalue weighted by molar-refractivity contribution is 6.34. The number of carbonyl (C=O) groups is 3. The van der Waals surface area contributed by atoms with Crippen LogP contribution in [0.15, 0.2) is 36.4 Å². The Balaban J connectivity index is 2.18. The zero-order valence-electron chi connectivity index (χ0n) is 14.3. The van der Waals surface area contributed by atoms with Gasteiger partial charge in [-0.05, 0) is 60.4 Å². The fourth-order valence-electron chi connectivity index (χ4n) is 3.05. The highest BCUT2D eigenvalue weighted by atomic mass is 16.4. The van der Waals surface area contributed by atoms with Gasteiger partial charge in [0.2, 0.25) is 0 Å². The number of fused-ring (bicyclic) bond motifs is 1. The summed E-state index contributed by atoms with van der Waals surface area (Å²) in [5, 5.41) is 20.9. The third-order valence-corrected chi connectivity index (χ3v) is 4.28. The third-order valence-electron chi connectivity index (χ3n) is 4.28. The van der Waals surface area contributed by atoms with Gasteiger partial charge in [-0.3, -0.25) is 14.5 Å². The van der Waals surface area contributed by atoms with Crippen LogP contribution in [0.2, 0.25) is 0 Å². The number of amides is 2. The molecule has 2 aromatic carbocycles. The highest BCUT2D eigenvalue weighted by Gasteiger charge is 2.34. The van der Waals surface area contributed by atoms with E-state index in [0.717, 1.165) is 0 Å². The molecule has 0 atom stereocenters. The summed E-state index contributed by atoms with van der Waals surface area (Å²) in [6.45, 7) is 2.68. The van der Waals surface area contributed by atoms with Crippen molar-refractivity contribution >= 4 is 29.4 Å². The molecule has 0 bridgehead atoms. The van der Waals surface area contributed by atoms with Crippen LogP contribution in [0.1, 0.15) is 32.6 Å². The average Bonchev–Trinajstić information content (AvgIpc) is 2.60. The van der Waals surface area contributed by atoms with Crippen LogP contribution < -0.4 is 5.11 Å². The van der Waals surface area contributed by atoms with Gasteiger partial charge in [-0.1, -0.05) is 18.2 Å². The number of aromatic hydroxyl groups is 1. The van der Waals surface area contributed by atoms with E-state index >= 15 is 0 Å². The van der Waals surface area contributed by atoms with Crippen molar-refractivity contribution in [1.82, 2.24) is 4.90 Å². The summed E-state index contributed by atoms with van der Waals surface area (Å²) in [6.07, 6.45) is 1.59. The number of carbonyl (C=O) groups excluding carboxylic acids is 3. The van der Waals surface area contributed by atoms with Crippen molar-refractivity contribution in [1.29, 1.82) is 0 Å². The number of hydrogen-bond donors (Lipinski definition) is 1. The van der Waals surface area contributed by atoms with Gasteiger partial charge in [-0.25, -0.2) is 0 Å². The average molecular weight is 350 g/mol. The fourth-order valence-corrected chi connectivity index (χ4v) is 3.05. The molecule has 0 radical (unpaired) electrons. The Hall–Kier alpha value is -3.41.